The first-order valence-electron chi connectivity index (χ1n) is 10.1. The maximum atomic E-state index is 13.4. The number of hydrogen-bond donors (Lipinski definition) is 0. The van der Waals surface area contributed by atoms with Gasteiger partial charge in [-0.3, -0.25) is 4.79 Å². The Kier molecular flexibility index (Phi) is 4.47. The summed E-state index contributed by atoms with van der Waals surface area (Å²) in [4.78, 5) is 15.4. The number of hydrogen-bond acceptors (Lipinski definition) is 6. The Morgan fingerprint density at radius 1 is 1.03 bits per heavy atom. The first kappa shape index (κ1) is 18.7. The number of benzene rings is 1. The summed E-state index contributed by atoms with van der Waals surface area (Å²) in [5.74, 6) is -0.297. The Bertz CT molecular complexity index is 1290. The molecule has 0 aliphatic carbocycles. The van der Waals surface area contributed by atoms with Crippen molar-refractivity contribution < 1.29 is 4.39 Å². The van der Waals surface area contributed by atoms with Crippen molar-refractivity contribution in [3.8, 4) is 11.1 Å². The highest BCUT2D eigenvalue weighted by atomic mass is 19.1. The molecule has 0 atom stereocenters. The van der Waals surface area contributed by atoms with E-state index in [1.165, 1.54) is 12.1 Å². The van der Waals surface area contributed by atoms with Gasteiger partial charge >= 0.3 is 0 Å². The van der Waals surface area contributed by atoms with E-state index in [4.69, 9.17) is 5.10 Å². The molecule has 0 N–H and O–H groups in total. The zero-order valence-corrected chi connectivity index (χ0v) is 16.9. The van der Waals surface area contributed by atoms with Gasteiger partial charge in [0.05, 0.1) is 11.3 Å². The van der Waals surface area contributed by atoms with Gasteiger partial charge in [0.1, 0.15) is 11.3 Å². The third-order valence-electron chi connectivity index (χ3n) is 5.69. The van der Waals surface area contributed by atoms with Gasteiger partial charge in [-0.15, -0.1) is 10.2 Å². The molecule has 5 rings (SSSR count). The van der Waals surface area contributed by atoms with E-state index in [0.717, 1.165) is 43.0 Å². The number of fused-ring (bicyclic) bond motifs is 3. The zero-order valence-electron chi connectivity index (χ0n) is 16.9. The predicted octanol–water partition coefficient (Wildman–Crippen LogP) is 1.69. The van der Waals surface area contributed by atoms with Crippen LogP contribution in [-0.2, 0) is 6.42 Å². The van der Waals surface area contributed by atoms with Crippen molar-refractivity contribution in [2.45, 2.75) is 13.3 Å². The van der Waals surface area contributed by atoms with Crippen molar-refractivity contribution in [2.75, 3.05) is 38.2 Å². The summed E-state index contributed by atoms with van der Waals surface area (Å²) < 4.78 is 16.7. The quantitative estimate of drug-likeness (QED) is 0.515. The minimum absolute atomic E-state index is 0.205. The fourth-order valence-electron chi connectivity index (χ4n) is 3.98. The fourth-order valence-corrected chi connectivity index (χ4v) is 3.98. The van der Waals surface area contributed by atoms with Crippen molar-refractivity contribution in [1.29, 1.82) is 0 Å². The number of likely N-dealkylation sites (N-methyl/N-ethyl adjacent to an activating group) is 1. The Morgan fingerprint density at radius 3 is 2.47 bits per heavy atom. The molecule has 4 aromatic rings. The van der Waals surface area contributed by atoms with Gasteiger partial charge in [-0.05, 0) is 37.2 Å². The van der Waals surface area contributed by atoms with Gasteiger partial charge in [-0.2, -0.15) is 5.10 Å². The van der Waals surface area contributed by atoms with Crippen molar-refractivity contribution in [2.24, 2.45) is 0 Å². The highest BCUT2D eigenvalue weighted by molar-refractivity contribution is 5.84. The molecule has 1 aliphatic heterocycles. The van der Waals surface area contributed by atoms with Crippen LogP contribution >= 0.6 is 0 Å². The second-order valence-electron chi connectivity index (χ2n) is 7.57. The lowest BCUT2D eigenvalue weighted by Gasteiger charge is -2.34. The molecule has 4 heterocycles. The van der Waals surface area contributed by atoms with E-state index < -0.39 is 0 Å². The monoisotopic (exact) mass is 407 g/mol. The van der Waals surface area contributed by atoms with Crippen LogP contribution < -0.4 is 10.6 Å². The molecule has 0 unspecified atom stereocenters. The normalized spacial score (nSPS) is 15.4. The minimum atomic E-state index is -0.297. The molecule has 0 saturated carbocycles. The second kappa shape index (κ2) is 7.17. The molecule has 0 radical (unpaired) electrons. The first-order chi connectivity index (χ1) is 14.6. The summed E-state index contributed by atoms with van der Waals surface area (Å²) in [6, 6.07) is 8.12. The van der Waals surface area contributed by atoms with Crippen LogP contribution in [0.2, 0.25) is 0 Å². The molecular weight excluding hydrogens is 385 g/mol. The molecule has 0 spiro atoms. The third kappa shape index (κ3) is 2.93. The number of halogens is 1. The van der Waals surface area contributed by atoms with Crippen molar-refractivity contribution in [3.63, 3.8) is 0 Å². The van der Waals surface area contributed by atoms with Crippen LogP contribution in [0.5, 0.6) is 0 Å². The largest absolute Gasteiger partial charge is 0.307 e. The van der Waals surface area contributed by atoms with E-state index in [1.807, 2.05) is 18.0 Å². The smallest absolute Gasteiger partial charge is 0.298 e. The van der Waals surface area contributed by atoms with Gasteiger partial charge < -0.3 is 9.91 Å². The number of aryl methyl sites for hydroxylation is 1. The molecule has 0 bridgehead atoms. The summed E-state index contributed by atoms with van der Waals surface area (Å²) in [5, 5.41) is 15.4. The maximum absolute atomic E-state index is 13.4. The van der Waals surface area contributed by atoms with Crippen LogP contribution in [-0.4, -0.2) is 62.6 Å². The summed E-state index contributed by atoms with van der Waals surface area (Å²) in [6.45, 7) is 5.34. The molecule has 8 nitrogen and oxygen atoms in total. The predicted molar refractivity (Wildman–Crippen MR) is 113 cm³/mol. The van der Waals surface area contributed by atoms with Gasteiger partial charge in [0.2, 0.25) is 0 Å². The van der Waals surface area contributed by atoms with Crippen molar-refractivity contribution in [3.05, 3.63) is 58.4 Å². The third-order valence-corrected chi connectivity index (χ3v) is 5.69. The van der Waals surface area contributed by atoms with E-state index in [9.17, 15) is 9.18 Å². The van der Waals surface area contributed by atoms with Gasteiger partial charge in [0.25, 0.3) is 5.56 Å². The summed E-state index contributed by atoms with van der Waals surface area (Å²) in [5.41, 5.74) is 3.70. The van der Waals surface area contributed by atoms with Crippen molar-refractivity contribution >= 4 is 16.7 Å². The summed E-state index contributed by atoms with van der Waals surface area (Å²) in [6.07, 6.45) is 2.46. The molecule has 9 heteroatoms. The Labute approximate surface area is 172 Å². The SMILES string of the molecule is CCc1nn2c(nnc3c(=O)n(N4CCN(C)CC4)ccc32)c1-c1ccc(F)cc1. The highest BCUT2D eigenvalue weighted by Gasteiger charge is 2.21. The Morgan fingerprint density at radius 2 is 1.77 bits per heavy atom. The molecule has 1 aromatic carbocycles. The topological polar surface area (TPSA) is 71.6 Å². The van der Waals surface area contributed by atoms with Gasteiger partial charge in [-0.1, -0.05) is 19.1 Å². The molecule has 30 heavy (non-hydrogen) atoms. The lowest BCUT2D eigenvalue weighted by molar-refractivity contribution is 0.286. The number of piperazine rings is 1. The molecule has 154 valence electrons. The van der Waals surface area contributed by atoms with Crippen LogP contribution in [0.1, 0.15) is 12.6 Å². The molecule has 1 fully saturated rings. The molecule has 3 aromatic heterocycles. The van der Waals surface area contributed by atoms with Crippen molar-refractivity contribution in [1.82, 2.24) is 29.4 Å². The molecule has 1 aliphatic rings. The summed E-state index contributed by atoms with van der Waals surface area (Å²) >= 11 is 0. The molecular formula is C21H22FN7O. The van der Waals surface area contributed by atoms with Crippen LogP contribution in [0.15, 0.2) is 41.3 Å². The average molecular weight is 407 g/mol. The van der Waals surface area contributed by atoms with E-state index in [1.54, 1.807) is 27.5 Å². The number of aromatic nitrogens is 5. The van der Waals surface area contributed by atoms with Gasteiger partial charge in [0, 0.05) is 32.4 Å². The van der Waals surface area contributed by atoms with Gasteiger partial charge in [-0.25, -0.2) is 13.6 Å². The average Bonchev–Trinajstić information content (AvgIpc) is 3.14. The lowest BCUT2D eigenvalue weighted by Crippen LogP contribution is -2.53. The maximum Gasteiger partial charge on any atom is 0.298 e. The molecule has 1 saturated heterocycles. The van der Waals surface area contributed by atoms with E-state index in [0.29, 0.717) is 17.6 Å². The van der Waals surface area contributed by atoms with Gasteiger partial charge in [0.15, 0.2) is 11.2 Å². The van der Waals surface area contributed by atoms with E-state index >= 15 is 0 Å². The second-order valence-corrected chi connectivity index (χ2v) is 7.57. The van der Waals surface area contributed by atoms with Crippen LogP contribution in [0.3, 0.4) is 0 Å². The Hall–Kier alpha value is -3.33. The molecule has 0 amide bonds. The van der Waals surface area contributed by atoms with Crippen LogP contribution in [0.25, 0.3) is 27.8 Å². The van der Waals surface area contributed by atoms with E-state index in [2.05, 4.69) is 22.1 Å². The number of nitrogens with zero attached hydrogens (tertiary/aromatic N) is 7. The number of pyridine rings is 1. The fraction of sp³-hybridized carbons (Fsp3) is 0.333. The van der Waals surface area contributed by atoms with E-state index in [-0.39, 0.29) is 16.9 Å². The number of rotatable bonds is 3. The lowest BCUT2D eigenvalue weighted by atomic mass is 10.0. The Balaban J connectivity index is 1.68. The summed E-state index contributed by atoms with van der Waals surface area (Å²) in [7, 11) is 2.07. The zero-order chi connectivity index (χ0) is 20.8. The minimum Gasteiger partial charge on any atom is -0.307 e. The standard InChI is InChI=1S/C21H22FN7O/c1-3-16-18(14-4-6-15(22)7-5-14)20-24-23-19-17(29(20)25-16)8-9-28(21(19)30)27-12-10-26(2)11-13-27/h4-9H,3,10-13H2,1-2H3. The van der Waals surface area contributed by atoms with Crippen LogP contribution in [0.4, 0.5) is 4.39 Å². The first-order valence-corrected chi connectivity index (χ1v) is 10.1. The van der Waals surface area contributed by atoms with Crippen LogP contribution in [0, 0.1) is 5.82 Å². The highest BCUT2D eigenvalue weighted by Crippen LogP contribution is 2.29.